The summed E-state index contributed by atoms with van der Waals surface area (Å²) in [5, 5.41) is 3.73. The molecule has 5 heteroatoms. The van der Waals surface area contributed by atoms with Crippen LogP contribution in [0.25, 0.3) is 10.9 Å². The van der Waals surface area contributed by atoms with Crippen LogP contribution in [0.3, 0.4) is 0 Å². The van der Waals surface area contributed by atoms with Crippen LogP contribution in [0.5, 0.6) is 0 Å². The average molecular weight is 256 g/mol. The number of rotatable bonds is 1. The Morgan fingerprint density at radius 1 is 1.36 bits per heavy atom. The summed E-state index contributed by atoms with van der Waals surface area (Å²) in [5.74, 6) is 0.382. The van der Waals surface area contributed by atoms with E-state index in [4.69, 9.17) is 0 Å². The highest BCUT2D eigenvalue weighted by atomic mass is 79.9. The van der Waals surface area contributed by atoms with Crippen LogP contribution in [-0.4, -0.2) is 17.0 Å². The van der Waals surface area contributed by atoms with Crippen molar-refractivity contribution in [3.8, 4) is 0 Å². The molecule has 3 nitrogen and oxygen atoms in total. The largest absolute Gasteiger partial charge is 0.372 e. The fourth-order valence-electron chi connectivity index (χ4n) is 1.26. The molecule has 0 radical (unpaired) electrons. The summed E-state index contributed by atoms with van der Waals surface area (Å²) in [6, 6.07) is 4.42. The number of anilines is 1. The summed E-state index contributed by atoms with van der Waals surface area (Å²) in [7, 11) is 1.76. The molecule has 2 rings (SSSR count). The van der Waals surface area contributed by atoms with Crippen LogP contribution in [0, 0.1) is 5.82 Å². The Balaban J connectivity index is 2.81. The molecule has 0 amide bonds. The number of hydrogen-bond acceptors (Lipinski definition) is 3. The van der Waals surface area contributed by atoms with E-state index in [-0.39, 0.29) is 5.82 Å². The van der Waals surface area contributed by atoms with Gasteiger partial charge in [-0.1, -0.05) is 0 Å². The summed E-state index contributed by atoms with van der Waals surface area (Å²) in [6.07, 6.45) is 0. The molecule has 0 spiro atoms. The number of nitrogens with zero attached hydrogens (tertiary/aromatic N) is 2. The second kappa shape index (κ2) is 3.49. The van der Waals surface area contributed by atoms with Gasteiger partial charge in [0, 0.05) is 18.5 Å². The summed E-state index contributed by atoms with van der Waals surface area (Å²) < 4.78 is 13.4. The predicted molar refractivity (Wildman–Crippen MR) is 56.7 cm³/mol. The third kappa shape index (κ3) is 1.55. The van der Waals surface area contributed by atoms with E-state index in [1.54, 1.807) is 13.1 Å². The summed E-state index contributed by atoms with van der Waals surface area (Å²) >= 11 is 3.16. The van der Waals surface area contributed by atoms with E-state index < -0.39 is 0 Å². The normalized spacial score (nSPS) is 10.5. The van der Waals surface area contributed by atoms with E-state index in [2.05, 4.69) is 31.2 Å². The fourth-order valence-corrected chi connectivity index (χ4v) is 1.63. The first kappa shape index (κ1) is 9.33. The van der Waals surface area contributed by atoms with Crippen molar-refractivity contribution in [1.82, 2.24) is 9.97 Å². The van der Waals surface area contributed by atoms with Gasteiger partial charge >= 0.3 is 0 Å². The molecule has 0 aliphatic heterocycles. The molecular weight excluding hydrogens is 249 g/mol. The number of halogens is 2. The van der Waals surface area contributed by atoms with Crippen molar-refractivity contribution in [3.05, 3.63) is 28.7 Å². The van der Waals surface area contributed by atoms with Gasteiger partial charge < -0.3 is 5.32 Å². The van der Waals surface area contributed by atoms with Crippen molar-refractivity contribution >= 4 is 32.7 Å². The SMILES string of the molecule is CNc1nc(Br)nc2cc(F)ccc12. The van der Waals surface area contributed by atoms with Gasteiger partial charge in [-0.3, -0.25) is 0 Å². The van der Waals surface area contributed by atoms with Crippen molar-refractivity contribution in [2.24, 2.45) is 0 Å². The van der Waals surface area contributed by atoms with Crippen LogP contribution in [-0.2, 0) is 0 Å². The highest BCUT2D eigenvalue weighted by Crippen LogP contribution is 2.22. The molecule has 1 heterocycles. The van der Waals surface area contributed by atoms with Gasteiger partial charge in [0.1, 0.15) is 11.6 Å². The highest BCUT2D eigenvalue weighted by Gasteiger charge is 2.05. The van der Waals surface area contributed by atoms with Gasteiger partial charge in [0.25, 0.3) is 0 Å². The van der Waals surface area contributed by atoms with Crippen molar-refractivity contribution in [3.63, 3.8) is 0 Å². The van der Waals surface area contributed by atoms with E-state index in [1.807, 2.05) is 0 Å². The first-order chi connectivity index (χ1) is 6.70. The molecule has 1 aromatic carbocycles. The smallest absolute Gasteiger partial charge is 0.199 e. The van der Waals surface area contributed by atoms with Crippen LogP contribution in [0.2, 0.25) is 0 Å². The summed E-state index contributed by atoms with van der Waals surface area (Å²) in [6.45, 7) is 0. The topological polar surface area (TPSA) is 37.8 Å². The third-order valence-corrected chi connectivity index (χ3v) is 2.22. The monoisotopic (exact) mass is 255 g/mol. The molecule has 1 aromatic heterocycles. The number of hydrogen-bond donors (Lipinski definition) is 1. The van der Waals surface area contributed by atoms with Crippen molar-refractivity contribution < 1.29 is 4.39 Å². The van der Waals surface area contributed by atoms with Gasteiger partial charge in [-0.2, -0.15) is 0 Å². The van der Waals surface area contributed by atoms with Crippen molar-refractivity contribution in [1.29, 1.82) is 0 Å². The standard InChI is InChI=1S/C9H7BrFN3/c1-12-8-6-3-2-5(11)4-7(6)13-9(10)14-8/h2-4H,1H3,(H,12,13,14). The highest BCUT2D eigenvalue weighted by molar-refractivity contribution is 9.10. The zero-order valence-corrected chi connectivity index (χ0v) is 8.97. The Labute approximate surface area is 88.5 Å². The second-order valence-corrected chi connectivity index (χ2v) is 3.46. The molecule has 72 valence electrons. The van der Waals surface area contributed by atoms with Gasteiger partial charge in [0.2, 0.25) is 0 Å². The second-order valence-electron chi connectivity index (χ2n) is 2.75. The van der Waals surface area contributed by atoms with E-state index >= 15 is 0 Å². The fraction of sp³-hybridized carbons (Fsp3) is 0.111. The molecule has 0 fully saturated rings. The maximum atomic E-state index is 12.9. The number of benzene rings is 1. The van der Waals surface area contributed by atoms with Crippen LogP contribution in [0.15, 0.2) is 22.9 Å². The molecule has 1 N–H and O–H groups in total. The Bertz CT molecular complexity index is 481. The lowest BCUT2D eigenvalue weighted by molar-refractivity contribution is 0.629. The first-order valence-electron chi connectivity index (χ1n) is 4.01. The number of fused-ring (bicyclic) bond motifs is 1. The molecule has 0 bridgehead atoms. The Morgan fingerprint density at radius 3 is 2.86 bits per heavy atom. The molecule has 0 unspecified atom stereocenters. The molecule has 0 atom stereocenters. The zero-order chi connectivity index (χ0) is 10.1. The Morgan fingerprint density at radius 2 is 2.14 bits per heavy atom. The third-order valence-electron chi connectivity index (χ3n) is 1.87. The van der Waals surface area contributed by atoms with Gasteiger partial charge in [0.15, 0.2) is 4.73 Å². The minimum Gasteiger partial charge on any atom is -0.372 e. The molecule has 0 aliphatic carbocycles. The molecule has 0 aliphatic rings. The van der Waals surface area contributed by atoms with Gasteiger partial charge in [0.05, 0.1) is 5.52 Å². The van der Waals surface area contributed by atoms with Crippen LogP contribution < -0.4 is 5.32 Å². The van der Waals surface area contributed by atoms with Crippen molar-refractivity contribution in [2.75, 3.05) is 12.4 Å². The minimum atomic E-state index is -0.301. The molecule has 14 heavy (non-hydrogen) atoms. The maximum absolute atomic E-state index is 12.9. The van der Waals surface area contributed by atoms with Crippen LogP contribution in [0.1, 0.15) is 0 Å². The lowest BCUT2D eigenvalue weighted by atomic mass is 10.2. The first-order valence-corrected chi connectivity index (χ1v) is 4.80. The number of nitrogens with one attached hydrogen (secondary N) is 1. The zero-order valence-electron chi connectivity index (χ0n) is 7.38. The van der Waals surface area contributed by atoms with Gasteiger partial charge in [-0.15, -0.1) is 0 Å². The maximum Gasteiger partial charge on any atom is 0.199 e. The van der Waals surface area contributed by atoms with Crippen LogP contribution >= 0.6 is 15.9 Å². The van der Waals surface area contributed by atoms with E-state index in [1.165, 1.54) is 12.1 Å². The summed E-state index contributed by atoms with van der Waals surface area (Å²) in [5.41, 5.74) is 0.580. The molecule has 0 saturated heterocycles. The van der Waals surface area contributed by atoms with Gasteiger partial charge in [-0.25, -0.2) is 14.4 Å². The molecule has 0 saturated carbocycles. The van der Waals surface area contributed by atoms with Gasteiger partial charge in [-0.05, 0) is 28.1 Å². The number of aromatic nitrogens is 2. The van der Waals surface area contributed by atoms with E-state index in [0.29, 0.717) is 16.1 Å². The lowest BCUT2D eigenvalue weighted by Gasteiger charge is -2.04. The quantitative estimate of drug-likeness (QED) is 0.797. The predicted octanol–water partition coefficient (Wildman–Crippen LogP) is 2.57. The van der Waals surface area contributed by atoms with E-state index in [0.717, 1.165) is 5.39 Å². The molecular formula is C9H7BrFN3. The Hall–Kier alpha value is -1.23. The summed E-state index contributed by atoms with van der Waals surface area (Å²) in [4.78, 5) is 8.19. The van der Waals surface area contributed by atoms with E-state index in [9.17, 15) is 4.39 Å². The van der Waals surface area contributed by atoms with Crippen molar-refractivity contribution in [2.45, 2.75) is 0 Å². The Kier molecular flexibility index (Phi) is 2.33. The lowest BCUT2D eigenvalue weighted by Crippen LogP contribution is -1.96. The molecule has 2 aromatic rings. The minimum absolute atomic E-state index is 0.301. The average Bonchev–Trinajstić information content (AvgIpc) is 2.15. The van der Waals surface area contributed by atoms with Crippen LogP contribution in [0.4, 0.5) is 10.2 Å².